The minimum absolute atomic E-state index is 0.492. The SMILES string of the molecule is Cc1cnn(-c2cc(C#C[Si](C(C)C)(C(C)C)C(C)C)c3cnc(Nc4ccc(N(C)CCN(C)C)cc4)nc3n2)c1. The van der Waals surface area contributed by atoms with E-state index in [2.05, 4.69) is 124 Å². The average molecular weight is 583 g/mol. The molecule has 0 unspecified atom stereocenters. The maximum Gasteiger partial charge on any atom is 0.229 e. The predicted octanol–water partition coefficient (Wildman–Crippen LogP) is 6.83. The molecule has 9 heteroatoms. The van der Waals surface area contributed by atoms with E-state index in [1.165, 1.54) is 0 Å². The van der Waals surface area contributed by atoms with Crippen LogP contribution in [0.2, 0.25) is 16.6 Å². The minimum atomic E-state index is -1.94. The molecule has 0 radical (unpaired) electrons. The van der Waals surface area contributed by atoms with E-state index < -0.39 is 8.07 Å². The minimum Gasteiger partial charge on any atom is -0.373 e. The van der Waals surface area contributed by atoms with Gasteiger partial charge in [0.1, 0.15) is 8.07 Å². The number of nitrogens with zero attached hydrogens (tertiary/aromatic N) is 7. The lowest BCUT2D eigenvalue weighted by atomic mass is 10.2. The summed E-state index contributed by atoms with van der Waals surface area (Å²) in [4.78, 5) is 18.8. The zero-order chi connectivity index (χ0) is 30.6. The van der Waals surface area contributed by atoms with Crippen molar-refractivity contribution in [1.82, 2.24) is 29.6 Å². The summed E-state index contributed by atoms with van der Waals surface area (Å²) < 4.78 is 1.79. The number of nitrogens with one attached hydrogen (secondary N) is 1. The second kappa shape index (κ2) is 13.1. The van der Waals surface area contributed by atoms with Gasteiger partial charge in [-0.15, -0.1) is 5.54 Å². The van der Waals surface area contributed by atoms with Gasteiger partial charge in [-0.25, -0.2) is 14.6 Å². The van der Waals surface area contributed by atoms with Gasteiger partial charge in [0.25, 0.3) is 0 Å². The molecular formula is C33H46N8Si. The fourth-order valence-electron chi connectivity index (χ4n) is 5.83. The summed E-state index contributed by atoms with van der Waals surface area (Å²) in [5.41, 5.74) is 10.1. The largest absolute Gasteiger partial charge is 0.373 e. The fraction of sp³-hybridized carbons (Fsp3) is 0.455. The maximum atomic E-state index is 4.89. The zero-order valence-electron chi connectivity index (χ0n) is 26.9. The van der Waals surface area contributed by atoms with Crippen LogP contribution in [0.5, 0.6) is 0 Å². The van der Waals surface area contributed by atoms with Crippen molar-refractivity contribution in [3.05, 3.63) is 60.0 Å². The number of hydrogen-bond acceptors (Lipinski definition) is 7. The number of benzene rings is 1. The Morgan fingerprint density at radius 2 is 1.57 bits per heavy atom. The lowest BCUT2D eigenvalue weighted by Crippen LogP contribution is -2.43. The summed E-state index contributed by atoms with van der Waals surface area (Å²) in [5.74, 6) is 4.80. The maximum absolute atomic E-state index is 4.89. The number of anilines is 3. The molecule has 0 saturated heterocycles. The summed E-state index contributed by atoms with van der Waals surface area (Å²) in [5, 5.41) is 8.71. The Balaban J connectivity index is 1.73. The van der Waals surface area contributed by atoms with Gasteiger partial charge in [0.05, 0.1) is 11.6 Å². The fourth-order valence-corrected chi connectivity index (χ4v) is 11.0. The van der Waals surface area contributed by atoms with Crippen LogP contribution >= 0.6 is 0 Å². The molecule has 3 heterocycles. The third-order valence-electron chi connectivity index (χ3n) is 8.23. The molecule has 0 spiro atoms. The smallest absolute Gasteiger partial charge is 0.229 e. The Bertz CT molecular complexity index is 1540. The van der Waals surface area contributed by atoms with Gasteiger partial charge in [0, 0.05) is 49.5 Å². The van der Waals surface area contributed by atoms with Crippen molar-refractivity contribution in [2.24, 2.45) is 0 Å². The van der Waals surface area contributed by atoms with Gasteiger partial charge in [0.2, 0.25) is 5.95 Å². The van der Waals surface area contributed by atoms with Crippen molar-refractivity contribution in [1.29, 1.82) is 0 Å². The number of rotatable bonds is 10. The standard InChI is InChI=1S/C33H46N8Si/c1-23(2)42(24(3)4,25(5)6)18-15-27-19-31(41-22-26(7)20-35-41)37-32-30(27)21-34-33(38-32)36-28-11-13-29(14-12-28)40(10)17-16-39(8)9/h11-14,19-25H,16-17H2,1-10H3,(H,34,36,37,38). The van der Waals surface area contributed by atoms with E-state index in [1.54, 1.807) is 4.68 Å². The molecule has 42 heavy (non-hydrogen) atoms. The van der Waals surface area contributed by atoms with E-state index >= 15 is 0 Å². The van der Waals surface area contributed by atoms with Crippen molar-refractivity contribution in [2.75, 3.05) is 44.4 Å². The summed E-state index contributed by atoms with van der Waals surface area (Å²) in [6.45, 7) is 18.0. The number of fused-ring (bicyclic) bond motifs is 1. The van der Waals surface area contributed by atoms with E-state index in [1.807, 2.05) is 31.6 Å². The topological polar surface area (TPSA) is 75.0 Å². The van der Waals surface area contributed by atoms with Crippen LogP contribution in [0.25, 0.3) is 16.9 Å². The summed E-state index contributed by atoms with van der Waals surface area (Å²) >= 11 is 0. The highest BCUT2D eigenvalue weighted by Crippen LogP contribution is 2.41. The molecule has 0 amide bonds. The molecule has 1 N–H and O–H groups in total. The van der Waals surface area contributed by atoms with Crippen LogP contribution in [0.3, 0.4) is 0 Å². The van der Waals surface area contributed by atoms with Crippen LogP contribution < -0.4 is 10.2 Å². The Morgan fingerprint density at radius 3 is 2.14 bits per heavy atom. The van der Waals surface area contributed by atoms with E-state index in [4.69, 9.17) is 9.97 Å². The Labute approximate surface area is 252 Å². The van der Waals surface area contributed by atoms with Gasteiger partial charge < -0.3 is 15.1 Å². The van der Waals surface area contributed by atoms with Crippen LogP contribution in [0.4, 0.5) is 17.3 Å². The number of aryl methyl sites for hydroxylation is 1. The molecule has 0 saturated carbocycles. The van der Waals surface area contributed by atoms with Crippen LogP contribution in [0, 0.1) is 18.4 Å². The lowest BCUT2D eigenvalue weighted by molar-refractivity contribution is 0.416. The van der Waals surface area contributed by atoms with Crippen LogP contribution in [0.1, 0.15) is 52.7 Å². The van der Waals surface area contributed by atoms with Crippen molar-refractivity contribution >= 4 is 36.4 Å². The molecular weight excluding hydrogens is 537 g/mol. The molecule has 222 valence electrons. The molecule has 0 aliphatic carbocycles. The van der Waals surface area contributed by atoms with Gasteiger partial charge in [0.15, 0.2) is 11.5 Å². The second-order valence-electron chi connectivity index (χ2n) is 12.5. The molecule has 0 bridgehead atoms. The number of hydrogen-bond donors (Lipinski definition) is 1. The van der Waals surface area contributed by atoms with E-state index in [9.17, 15) is 0 Å². The number of pyridine rings is 1. The van der Waals surface area contributed by atoms with Crippen LogP contribution in [-0.2, 0) is 0 Å². The van der Waals surface area contributed by atoms with E-state index in [-0.39, 0.29) is 0 Å². The number of aromatic nitrogens is 5. The normalized spacial score (nSPS) is 12.0. The average Bonchev–Trinajstić information content (AvgIpc) is 3.37. The molecule has 1 aromatic carbocycles. The molecule has 3 aromatic heterocycles. The lowest BCUT2D eigenvalue weighted by Gasteiger charge is -2.38. The van der Waals surface area contributed by atoms with E-state index in [0.29, 0.717) is 34.0 Å². The van der Waals surface area contributed by atoms with Gasteiger partial charge in [-0.05, 0) is 73.5 Å². The van der Waals surface area contributed by atoms with Gasteiger partial charge in [-0.2, -0.15) is 10.1 Å². The Kier molecular flexibility index (Phi) is 9.70. The quantitative estimate of drug-likeness (QED) is 0.162. The molecule has 0 aliphatic rings. The number of likely N-dealkylation sites (N-methyl/N-ethyl adjacent to an activating group) is 2. The molecule has 8 nitrogen and oxygen atoms in total. The second-order valence-corrected chi connectivity index (χ2v) is 18.0. The van der Waals surface area contributed by atoms with Gasteiger partial charge in [-0.1, -0.05) is 47.5 Å². The third-order valence-corrected chi connectivity index (χ3v) is 14.5. The molecule has 0 fully saturated rings. The summed E-state index contributed by atoms with van der Waals surface area (Å²) in [6, 6.07) is 10.3. The first-order valence-electron chi connectivity index (χ1n) is 14.9. The first kappa shape index (κ1) is 31.2. The monoisotopic (exact) mass is 582 g/mol. The first-order chi connectivity index (χ1) is 19.9. The van der Waals surface area contributed by atoms with Crippen LogP contribution in [0.15, 0.2) is 48.9 Å². The third kappa shape index (κ3) is 6.83. The van der Waals surface area contributed by atoms with Crippen molar-refractivity contribution in [3.63, 3.8) is 0 Å². The predicted molar refractivity (Wildman–Crippen MR) is 179 cm³/mol. The first-order valence-corrected chi connectivity index (χ1v) is 17.1. The highest BCUT2D eigenvalue weighted by Gasteiger charge is 2.41. The summed E-state index contributed by atoms with van der Waals surface area (Å²) in [6.07, 6.45) is 5.64. The molecule has 0 atom stereocenters. The van der Waals surface area contributed by atoms with Crippen molar-refractivity contribution in [2.45, 2.75) is 65.1 Å². The van der Waals surface area contributed by atoms with Crippen molar-refractivity contribution < 1.29 is 0 Å². The van der Waals surface area contributed by atoms with Gasteiger partial charge in [-0.3, -0.25) is 0 Å². The Morgan fingerprint density at radius 1 is 0.905 bits per heavy atom. The molecule has 4 rings (SSSR count). The van der Waals surface area contributed by atoms with E-state index in [0.717, 1.165) is 41.0 Å². The highest BCUT2D eigenvalue weighted by atomic mass is 28.3. The van der Waals surface area contributed by atoms with Gasteiger partial charge >= 0.3 is 0 Å². The van der Waals surface area contributed by atoms with Crippen LogP contribution in [-0.4, -0.2) is 71.9 Å². The molecule has 0 aliphatic heterocycles. The Hall–Kier alpha value is -3.74. The van der Waals surface area contributed by atoms with Crippen molar-refractivity contribution in [3.8, 4) is 17.3 Å². The summed E-state index contributed by atoms with van der Waals surface area (Å²) in [7, 11) is 4.35. The molecule has 4 aromatic rings. The highest BCUT2D eigenvalue weighted by molar-refractivity contribution is 6.90. The zero-order valence-corrected chi connectivity index (χ0v) is 27.9.